The molecule has 0 spiro atoms. The normalized spacial score (nSPS) is 11.0. The molecule has 2 nitrogen and oxygen atoms in total. The third-order valence-corrected chi connectivity index (χ3v) is 2.76. The van der Waals surface area contributed by atoms with Crippen molar-refractivity contribution in [1.82, 2.24) is 9.88 Å². The fourth-order valence-electron chi connectivity index (χ4n) is 1.36. The molecule has 0 aliphatic carbocycles. The van der Waals surface area contributed by atoms with Crippen LogP contribution in [0.25, 0.3) is 0 Å². The predicted molar refractivity (Wildman–Crippen MR) is 65.5 cm³/mol. The summed E-state index contributed by atoms with van der Waals surface area (Å²) in [7, 11) is 2.08. The van der Waals surface area contributed by atoms with Crippen molar-refractivity contribution in [2.45, 2.75) is 26.3 Å². The van der Waals surface area contributed by atoms with Crippen molar-refractivity contribution in [3.63, 3.8) is 0 Å². The lowest BCUT2D eigenvalue weighted by Gasteiger charge is -2.16. The molecule has 0 N–H and O–H groups in total. The minimum atomic E-state index is 0.444. The Balaban J connectivity index is 2.56. The molecule has 1 aromatic heterocycles. The van der Waals surface area contributed by atoms with Gasteiger partial charge in [0.15, 0.2) is 0 Å². The second-order valence-electron chi connectivity index (χ2n) is 3.68. The number of halogens is 2. The van der Waals surface area contributed by atoms with Gasteiger partial charge in [-0.25, -0.2) is 4.98 Å². The lowest BCUT2D eigenvalue weighted by molar-refractivity contribution is 0.320. The van der Waals surface area contributed by atoms with Crippen LogP contribution in [0.2, 0.25) is 10.3 Å². The first-order chi connectivity index (χ1) is 7.13. The molecule has 1 rings (SSSR count). The second-order valence-corrected chi connectivity index (χ2v) is 4.42. The third kappa shape index (κ3) is 4.37. The first-order valence-corrected chi connectivity index (χ1v) is 5.88. The van der Waals surface area contributed by atoms with Gasteiger partial charge in [0.2, 0.25) is 0 Å². The number of aromatic nitrogens is 1. The smallest absolute Gasteiger partial charge is 0.135 e. The maximum absolute atomic E-state index is 5.99. The molecule has 0 radical (unpaired) electrons. The third-order valence-electron chi connectivity index (χ3n) is 2.23. The van der Waals surface area contributed by atoms with Crippen LogP contribution in [0.3, 0.4) is 0 Å². The van der Waals surface area contributed by atoms with E-state index in [1.54, 1.807) is 6.07 Å². The molecule has 1 aromatic rings. The highest BCUT2D eigenvalue weighted by Crippen LogP contribution is 2.17. The fourth-order valence-corrected chi connectivity index (χ4v) is 1.76. The summed E-state index contributed by atoms with van der Waals surface area (Å²) in [5.41, 5.74) is 1.03. The lowest BCUT2D eigenvalue weighted by atomic mass is 10.2. The van der Waals surface area contributed by atoms with Gasteiger partial charge in [0.25, 0.3) is 0 Å². The molecule has 0 unspecified atom stereocenters. The van der Waals surface area contributed by atoms with Gasteiger partial charge in [-0.05, 0) is 26.1 Å². The van der Waals surface area contributed by atoms with E-state index in [4.69, 9.17) is 23.2 Å². The molecule has 0 atom stereocenters. The monoisotopic (exact) mass is 246 g/mol. The highest BCUT2D eigenvalue weighted by atomic mass is 35.5. The Labute approximate surface area is 101 Å². The van der Waals surface area contributed by atoms with Gasteiger partial charge in [-0.1, -0.05) is 42.6 Å². The van der Waals surface area contributed by atoms with Crippen LogP contribution >= 0.6 is 23.2 Å². The van der Waals surface area contributed by atoms with E-state index < -0.39 is 0 Å². The van der Waals surface area contributed by atoms with Crippen molar-refractivity contribution < 1.29 is 0 Å². The fraction of sp³-hybridized carbons (Fsp3) is 0.545. The van der Waals surface area contributed by atoms with Crippen LogP contribution in [-0.2, 0) is 6.54 Å². The van der Waals surface area contributed by atoms with Crippen molar-refractivity contribution >= 4 is 23.2 Å². The van der Waals surface area contributed by atoms with Gasteiger partial charge in [0.1, 0.15) is 10.3 Å². The van der Waals surface area contributed by atoms with E-state index >= 15 is 0 Å². The number of unbranched alkanes of at least 4 members (excludes halogenated alkanes) is 1. The van der Waals surface area contributed by atoms with Gasteiger partial charge in [-0.3, -0.25) is 0 Å². The molecule has 0 fully saturated rings. The van der Waals surface area contributed by atoms with E-state index in [1.165, 1.54) is 12.8 Å². The van der Waals surface area contributed by atoms with Crippen molar-refractivity contribution in [3.05, 3.63) is 28.0 Å². The Kier molecular flexibility index (Phi) is 5.37. The first-order valence-electron chi connectivity index (χ1n) is 5.13. The Morgan fingerprint density at radius 3 is 2.67 bits per heavy atom. The van der Waals surface area contributed by atoms with Gasteiger partial charge >= 0.3 is 0 Å². The van der Waals surface area contributed by atoms with Gasteiger partial charge in [-0.15, -0.1) is 0 Å². The summed E-state index contributed by atoms with van der Waals surface area (Å²) in [5.74, 6) is 0. The van der Waals surface area contributed by atoms with E-state index in [2.05, 4.69) is 23.9 Å². The number of rotatable bonds is 5. The standard InChI is InChI=1S/C11H16Cl2N2/c1-3-4-7-15(2)8-9-5-6-10(12)14-11(9)13/h5-6H,3-4,7-8H2,1-2H3. The number of hydrogen-bond donors (Lipinski definition) is 0. The molecule has 0 aliphatic rings. The SMILES string of the molecule is CCCCN(C)Cc1ccc(Cl)nc1Cl. The van der Waals surface area contributed by atoms with Gasteiger partial charge in [0.05, 0.1) is 0 Å². The topological polar surface area (TPSA) is 16.1 Å². The second kappa shape index (κ2) is 6.31. The molecule has 15 heavy (non-hydrogen) atoms. The average molecular weight is 247 g/mol. The van der Waals surface area contributed by atoms with Crippen molar-refractivity contribution in [1.29, 1.82) is 0 Å². The zero-order valence-corrected chi connectivity index (χ0v) is 10.6. The van der Waals surface area contributed by atoms with E-state index in [0.29, 0.717) is 10.3 Å². The van der Waals surface area contributed by atoms with Crippen LogP contribution < -0.4 is 0 Å². The summed E-state index contributed by atoms with van der Waals surface area (Å²) >= 11 is 11.7. The number of nitrogens with zero attached hydrogens (tertiary/aromatic N) is 2. The molecular weight excluding hydrogens is 231 g/mol. The molecule has 0 aliphatic heterocycles. The van der Waals surface area contributed by atoms with Crippen molar-refractivity contribution in [2.75, 3.05) is 13.6 Å². The number of pyridine rings is 1. The summed E-state index contributed by atoms with van der Waals surface area (Å²) in [6, 6.07) is 3.70. The molecular formula is C11H16Cl2N2. The Morgan fingerprint density at radius 2 is 2.07 bits per heavy atom. The molecule has 0 saturated heterocycles. The Hall–Kier alpha value is -0.310. The zero-order valence-electron chi connectivity index (χ0n) is 9.13. The summed E-state index contributed by atoms with van der Waals surface area (Å²) in [6.07, 6.45) is 2.41. The van der Waals surface area contributed by atoms with Gasteiger partial charge in [-0.2, -0.15) is 0 Å². The van der Waals surface area contributed by atoms with Gasteiger partial charge in [0, 0.05) is 12.1 Å². The minimum absolute atomic E-state index is 0.444. The molecule has 0 aromatic carbocycles. The van der Waals surface area contributed by atoms with Crippen LogP contribution in [-0.4, -0.2) is 23.5 Å². The summed E-state index contributed by atoms with van der Waals surface area (Å²) < 4.78 is 0. The van der Waals surface area contributed by atoms with E-state index in [-0.39, 0.29) is 0 Å². The van der Waals surface area contributed by atoms with Crippen LogP contribution in [0.5, 0.6) is 0 Å². The predicted octanol–water partition coefficient (Wildman–Crippen LogP) is 3.62. The minimum Gasteiger partial charge on any atom is -0.302 e. The molecule has 0 saturated carbocycles. The quantitative estimate of drug-likeness (QED) is 0.739. The summed E-state index contributed by atoms with van der Waals surface area (Å²) in [6.45, 7) is 4.09. The lowest BCUT2D eigenvalue weighted by Crippen LogP contribution is -2.19. The molecule has 1 heterocycles. The molecule has 84 valence electrons. The summed E-state index contributed by atoms with van der Waals surface area (Å²) in [4.78, 5) is 6.25. The molecule has 0 amide bonds. The van der Waals surface area contributed by atoms with Gasteiger partial charge < -0.3 is 4.90 Å². The largest absolute Gasteiger partial charge is 0.302 e. The zero-order chi connectivity index (χ0) is 11.3. The first kappa shape index (κ1) is 12.8. The van der Waals surface area contributed by atoms with E-state index in [0.717, 1.165) is 18.7 Å². The maximum atomic E-state index is 5.99. The van der Waals surface area contributed by atoms with E-state index in [9.17, 15) is 0 Å². The maximum Gasteiger partial charge on any atom is 0.135 e. The van der Waals surface area contributed by atoms with Crippen LogP contribution in [0.1, 0.15) is 25.3 Å². The van der Waals surface area contributed by atoms with E-state index in [1.807, 2.05) is 6.07 Å². The van der Waals surface area contributed by atoms with Crippen LogP contribution in [0.4, 0.5) is 0 Å². The number of hydrogen-bond acceptors (Lipinski definition) is 2. The Morgan fingerprint density at radius 1 is 1.33 bits per heavy atom. The highest BCUT2D eigenvalue weighted by Gasteiger charge is 2.05. The molecule has 0 bridgehead atoms. The van der Waals surface area contributed by atoms with Crippen LogP contribution in [0.15, 0.2) is 12.1 Å². The van der Waals surface area contributed by atoms with Crippen molar-refractivity contribution in [3.8, 4) is 0 Å². The Bertz CT molecular complexity index is 315. The average Bonchev–Trinajstić information content (AvgIpc) is 2.19. The molecule has 4 heteroatoms. The summed E-state index contributed by atoms with van der Waals surface area (Å²) in [5, 5.41) is 0.950. The van der Waals surface area contributed by atoms with Crippen molar-refractivity contribution in [2.24, 2.45) is 0 Å². The van der Waals surface area contributed by atoms with Crippen LogP contribution in [0, 0.1) is 0 Å². The highest BCUT2D eigenvalue weighted by molar-refractivity contribution is 6.32.